The number of aryl methyl sites for hydroxylation is 1. The number of rotatable bonds is 4. The van der Waals surface area contributed by atoms with Crippen LogP contribution in [0, 0.1) is 6.92 Å². The Balaban J connectivity index is 1.90. The van der Waals surface area contributed by atoms with E-state index in [9.17, 15) is 9.90 Å². The van der Waals surface area contributed by atoms with Crippen molar-refractivity contribution in [3.05, 3.63) is 23.8 Å². The summed E-state index contributed by atoms with van der Waals surface area (Å²) in [5.41, 5.74) is 0.929. The minimum atomic E-state index is -0.757. The molecule has 0 aromatic heterocycles. The van der Waals surface area contributed by atoms with E-state index in [4.69, 9.17) is 4.74 Å². The number of aliphatic hydroxyl groups is 1. The Bertz CT molecular complexity index is 496. The summed E-state index contributed by atoms with van der Waals surface area (Å²) in [5, 5.41) is 15.9. The molecule has 3 N–H and O–H groups in total. The Morgan fingerprint density at radius 1 is 1.33 bits per heavy atom. The zero-order chi connectivity index (χ0) is 15.3. The highest BCUT2D eigenvalue weighted by Crippen LogP contribution is 2.28. The van der Waals surface area contributed by atoms with Crippen LogP contribution in [0.25, 0.3) is 0 Å². The lowest BCUT2D eigenvalue weighted by molar-refractivity contribution is 0.00755. The maximum Gasteiger partial charge on any atom is 0.319 e. The maximum absolute atomic E-state index is 12.0. The number of ether oxygens (including phenoxy) is 1. The van der Waals surface area contributed by atoms with Gasteiger partial charge in [-0.05, 0) is 37.5 Å². The molecule has 2 rings (SSSR count). The highest BCUT2D eigenvalue weighted by Gasteiger charge is 2.29. The number of methoxy groups -OCH3 is 1. The molecule has 1 aliphatic rings. The van der Waals surface area contributed by atoms with Crippen molar-refractivity contribution in [3.8, 4) is 5.75 Å². The molecule has 5 nitrogen and oxygen atoms in total. The van der Waals surface area contributed by atoms with Crippen molar-refractivity contribution >= 4 is 11.7 Å². The number of hydrogen-bond donors (Lipinski definition) is 3. The summed E-state index contributed by atoms with van der Waals surface area (Å²) in [5.74, 6) is 0.626. The molecule has 5 heteroatoms. The number of urea groups is 1. The second-order valence-electron chi connectivity index (χ2n) is 5.80. The third-order valence-electron chi connectivity index (χ3n) is 3.97. The van der Waals surface area contributed by atoms with E-state index >= 15 is 0 Å². The summed E-state index contributed by atoms with van der Waals surface area (Å²) < 4.78 is 5.25. The predicted molar refractivity (Wildman–Crippen MR) is 82.8 cm³/mol. The smallest absolute Gasteiger partial charge is 0.319 e. The molecule has 0 aliphatic heterocycles. The van der Waals surface area contributed by atoms with E-state index in [1.54, 1.807) is 7.11 Å². The molecule has 0 atom stereocenters. The first-order valence-corrected chi connectivity index (χ1v) is 7.44. The van der Waals surface area contributed by atoms with E-state index in [-0.39, 0.29) is 12.6 Å². The normalized spacial score (nSPS) is 17.1. The first-order chi connectivity index (χ1) is 10.0. The van der Waals surface area contributed by atoms with Crippen LogP contribution in [0.1, 0.15) is 37.7 Å². The number of hydrogen-bond acceptors (Lipinski definition) is 3. The number of carbonyl (C=O) groups is 1. The first kappa shape index (κ1) is 15.6. The fraction of sp³-hybridized carbons (Fsp3) is 0.562. The van der Waals surface area contributed by atoms with Gasteiger partial charge < -0.3 is 20.5 Å². The molecule has 0 unspecified atom stereocenters. The van der Waals surface area contributed by atoms with Gasteiger partial charge in [0, 0.05) is 6.54 Å². The lowest BCUT2D eigenvalue weighted by atomic mass is 9.85. The topological polar surface area (TPSA) is 70.6 Å². The van der Waals surface area contributed by atoms with Crippen LogP contribution in [0.3, 0.4) is 0 Å². The van der Waals surface area contributed by atoms with Crippen molar-refractivity contribution in [3.63, 3.8) is 0 Å². The third kappa shape index (κ3) is 4.36. The summed E-state index contributed by atoms with van der Waals surface area (Å²) in [4.78, 5) is 12.0. The van der Waals surface area contributed by atoms with Gasteiger partial charge in [-0.15, -0.1) is 0 Å². The van der Waals surface area contributed by atoms with E-state index in [0.717, 1.165) is 37.7 Å². The summed E-state index contributed by atoms with van der Waals surface area (Å²) in [6.07, 6.45) is 4.70. The quantitative estimate of drug-likeness (QED) is 0.799. The van der Waals surface area contributed by atoms with E-state index in [1.165, 1.54) is 0 Å². The van der Waals surface area contributed by atoms with Gasteiger partial charge in [0.25, 0.3) is 0 Å². The molecule has 21 heavy (non-hydrogen) atoms. The van der Waals surface area contributed by atoms with E-state index in [1.807, 2.05) is 25.1 Å². The molecule has 1 aliphatic carbocycles. The number of nitrogens with one attached hydrogen (secondary N) is 2. The molecule has 1 aromatic carbocycles. The Hall–Kier alpha value is -1.75. The van der Waals surface area contributed by atoms with E-state index < -0.39 is 5.60 Å². The molecule has 1 aromatic rings. The number of carbonyl (C=O) groups excluding carboxylic acids is 1. The Kier molecular flexibility index (Phi) is 5.07. The van der Waals surface area contributed by atoms with Crippen molar-refractivity contribution in [2.24, 2.45) is 0 Å². The van der Waals surface area contributed by atoms with Gasteiger partial charge in [-0.2, -0.15) is 0 Å². The molecule has 1 saturated carbocycles. The van der Waals surface area contributed by atoms with Crippen LogP contribution >= 0.6 is 0 Å². The predicted octanol–water partition coefficient (Wildman–Crippen LogP) is 2.82. The molecule has 1 fully saturated rings. The van der Waals surface area contributed by atoms with Crippen molar-refractivity contribution in [1.29, 1.82) is 0 Å². The SMILES string of the molecule is COc1cc(C)ccc1NC(=O)NCC1(O)CCCCC1. The standard InChI is InChI=1S/C16H24N2O3/c1-12-6-7-13(14(10-12)21-2)18-15(19)17-11-16(20)8-4-3-5-9-16/h6-7,10,20H,3-5,8-9,11H2,1-2H3,(H2,17,18,19). The molecule has 2 amide bonds. The fourth-order valence-corrected chi connectivity index (χ4v) is 2.70. The largest absolute Gasteiger partial charge is 0.495 e. The molecule has 0 bridgehead atoms. The van der Waals surface area contributed by atoms with Gasteiger partial charge >= 0.3 is 6.03 Å². The minimum Gasteiger partial charge on any atom is -0.495 e. The van der Waals surface area contributed by atoms with Gasteiger partial charge in [0.15, 0.2) is 0 Å². The van der Waals surface area contributed by atoms with Crippen LogP contribution in [-0.4, -0.2) is 30.4 Å². The first-order valence-electron chi connectivity index (χ1n) is 7.44. The zero-order valence-electron chi connectivity index (χ0n) is 12.7. The number of anilines is 1. The average Bonchev–Trinajstić information content (AvgIpc) is 2.48. The number of amides is 2. The Labute approximate surface area is 125 Å². The number of benzene rings is 1. The van der Waals surface area contributed by atoms with Crippen LogP contribution in [0.2, 0.25) is 0 Å². The maximum atomic E-state index is 12.0. The monoisotopic (exact) mass is 292 g/mol. The zero-order valence-corrected chi connectivity index (χ0v) is 12.7. The summed E-state index contributed by atoms with van der Waals surface area (Å²) in [7, 11) is 1.57. The van der Waals surface area contributed by atoms with Crippen molar-refractivity contribution in [2.45, 2.75) is 44.6 Å². The molecule has 116 valence electrons. The van der Waals surface area contributed by atoms with E-state index in [0.29, 0.717) is 11.4 Å². The van der Waals surface area contributed by atoms with Crippen LogP contribution in [0.15, 0.2) is 18.2 Å². The third-order valence-corrected chi connectivity index (χ3v) is 3.97. The lowest BCUT2D eigenvalue weighted by Gasteiger charge is -2.32. The second kappa shape index (κ2) is 6.80. The second-order valence-corrected chi connectivity index (χ2v) is 5.80. The van der Waals surface area contributed by atoms with Gasteiger partial charge in [0.1, 0.15) is 5.75 Å². The highest BCUT2D eigenvalue weighted by molar-refractivity contribution is 5.91. The van der Waals surface area contributed by atoms with Crippen molar-refractivity contribution < 1.29 is 14.6 Å². The summed E-state index contributed by atoms with van der Waals surface area (Å²) in [6.45, 7) is 2.25. The summed E-state index contributed by atoms with van der Waals surface area (Å²) in [6, 6.07) is 5.26. The molecule has 0 saturated heterocycles. The van der Waals surface area contributed by atoms with Crippen LogP contribution in [-0.2, 0) is 0 Å². The van der Waals surface area contributed by atoms with Gasteiger partial charge in [-0.25, -0.2) is 4.79 Å². The molecular formula is C16H24N2O3. The summed E-state index contributed by atoms with van der Waals surface area (Å²) >= 11 is 0. The van der Waals surface area contributed by atoms with E-state index in [2.05, 4.69) is 10.6 Å². The minimum absolute atomic E-state index is 0.285. The lowest BCUT2D eigenvalue weighted by Crippen LogP contribution is -2.45. The average molecular weight is 292 g/mol. The van der Waals surface area contributed by atoms with Gasteiger partial charge in [-0.1, -0.05) is 25.3 Å². The molecule has 0 spiro atoms. The molecule has 0 radical (unpaired) electrons. The van der Waals surface area contributed by atoms with Gasteiger partial charge in [0.2, 0.25) is 0 Å². The van der Waals surface area contributed by atoms with Crippen LogP contribution < -0.4 is 15.4 Å². The van der Waals surface area contributed by atoms with Crippen molar-refractivity contribution in [1.82, 2.24) is 5.32 Å². The molecule has 0 heterocycles. The Morgan fingerprint density at radius 2 is 2.05 bits per heavy atom. The van der Waals surface area contributed by atoms with Gasteiger partial charge in [-0.3, -0.25) is 0 Å². The molecular weight excluding hydrogens is 268 g/mol. The van der Waals surface area contributed by atoms with Gasteiger partial charge in [0.05, 0.1) is 18.4 Å². The fourth-order valence-electron chi connectivity index (χ4n) is 2.70. The highest BCUT2D eigenvalue weighted by atomic mass is 16.5. The van der Waals surface area contributed by atoms with Crippen molar-refractivity contribution in [2.75, 3.05) is 19.0 Å². The van der Waals surface area contributed by atoms with Crippen LogP contribution in [0.4, 0.5) is 10.5 Å². The Morgan fingerprint density at radius 3 is 2.71 bits per heavy atom. The van der Waals surface area contributed by atoms with Crippen LogP contribution in [0.5, 0.6) is 5.75 Å².